The number of amides is 1. The van der Waals surface area contributed by atoms with Gasteiger partial charge in [0.05, 0.1) is 11.5 Å². The topological polar surface area (TPSA) is 64.6 Å². The van der Waals surface area contributed by atoms with Crippen molar-refractivity contribution in [3.8, 4) is 0 Å². The summed E-state index contributed by atoms with van der Waals surface area (Å²) in [6.45, 7) is 8.31. The van der Waals surface area contributed by atoms with Crippen LogP contribution in [0.25, 0.3) is 0 Å². The summed E-state index contributed by atoms with van der Waals surface area (Å²) in [6.07, 6.45) is -0.719. The number of esters is 1. The Morgan fingerprint density at radius 2 is 1.88 bits per heavy atom. The van der Waals surface area contributed by atoms with E-state index in [0.717, 1.165) is 0 Å². The van der Waals surface area contributed by atoms with Crippen LogP contribution in [0.15, 0.2) is 24.3 Å². The van der Waals surface area contributed by atoms with Gasteiger partial charge in [0.1, 0.15) is 11.4 Å². The third-order valence-electron chi connectivity index (χ3n) is 3.28. The Kier molecular flexibility index (Phi) is 6.60. The van der Waals surface area contributed by atoms with E-state index < -0.39 is 34.9 Å². The number of hydrogen-bond acceptors (Lipinski definition) is 4. The number of benzene rings is 1. The predicted molar refractivity (Wildman–Crippen MR) is 89.1 cm³/mol. The Morgan fingerprint density at radius 1 is 1.25 bits per heavy atom. The Bertz CT molecular complexity index is 598. The van der Waals surface area contributed by atoms with Crippen molar-refractivity contribution in [2.75, 3.05) is 6.07 Å². The molecule has 0 heterocycles. The van der Waals surface area contributed by atoms with Crippen molar-refractivity contribution >= 4 is 23.7 Å². The molecule has 1 amide bonds. The van der Waals surface area contributed by atoms with Gasteiger partial charge in [0, 0.05) is 0 Å². The highest BCUT2D eigenvalue weighted by atomic mass is 35.5. The number of nitrogens with one attached hydrogen (secondary N) is 1. The molecule has 1 aromatic carbocycles. The lowest BCUT2D eigenvalue weighted by Crippen LogP contribution is -2.45. The fourth-order valence-corrected chi connectivity index (χ4v) is 2.24. The highest BCUT2D eigenvalue weighted by Crippen LogP contribution is 2.35. The Balaban J connectivity index is 3.17. The first kappa shape index (κ1) is 20.2. The van der Waals surface area contributed by atoms with E-state index in [2.05, 4.69) is 5.32 Å². The minimum Gasteiger partial charge on any atom is -0.449 e. The molecule has 1 aromatic rings. The molecule has 7 heteroatoms. The van der Waals surface area contributed by atoms with Crippen LogP contribution < -0.4 is 5.32 Å². The first-order chi connectivity index (χ1) is 11.0. The molecule has 0 aliphatic carbocycles. The zero-order valence-corrected chi connectivity index (χ0v) is 15.2. The fraction of sp³-hybridized carbons (Fsp3) is 0.529. The summed E-state index contributed by atoms with van der Waals surface area (Å²) in [5.41, 5.74) is -1.49. The average Bonchev–Trinajstić information content (AvgIpc) is 2.43. The molecule has 24 heavy (non-hydrogen) atoms. The van der Waals surface area contributed by atoms with Gasteiger partial charge >= 0.3 is 12.1 Å². The molecule has 1 atom stereocenters. The van der Waals surface area contributed by atoms with Gasteiger partial charge in [-0.3, -0.25) is 4.79 Å². The van der Waals surface area contributed by atoms with E-state index >= 15 is 0 Å². The summed E-state index contributed by atoms with van der Waals surface area (Å²) in [7, 11) is 0. The number of hydrogen-bond donors (Lipinski definition) is 1. The summed E-state index contributed by atoms with van der Waals surface area (Å²) in [6, 6.07) is 4.46. The molecule has 0 saturated heterocycles. The van der Waals surface area contributed by atoms with Crippen LogP contribution in [0, 0.1) is 11.2 Å². The van der Waals surface area contributed by atoms with Gasteiger partial charge in [0.25, 0.3) is 0 Å². The normalized spacial score (nSPS) is 13.1. The molecule has 0 radical (unpaired) electrons. The summed E-state index contributed by atoms with van der Waals surface area (Å²) in [4.78, 5) is 24.4. The van der Waals surface area contributed by atoms with Gasteiger partial charge in [0.2, 0.25) is 0 Å². The van der Waals surface area contributed by atoms with Gasteiger partial charge in [-0.25, -0.2) is 9.18 Å². The van der Waals surface area contributed by atoms with Crippen LogP contribution >= 0.6 is 11.6 Å². The van der Waals surface area contributed by atoms with Crippen LogP contribution in [0.3, 0.4) is 0 Å². The van der Waals surface area contributed by atoms with E-state index in [9.17, 15) is 14.0 Å². The molecule has 134 valence electrons. The van der Waals surface area contributed by atoms with Crippen LogP contribution in [0.4, 0.5) is 9.18 Å². The van der Waals surface area contributed by atoms with Crippen LogP contribution in [0.2, 0.25) is 0 Å². The minimum absolute atomic E-state index is 0.315. The summed E-state index contributed by atoms with van der Waals surface area (Å²) in [5.74, 6) is -1.10. The zero-order chi connectivity index (χ0) is 18.5. The van der Waals surface area contributed by atoms with Gasteiger partial charge in [-0.05, 0) is 52.3 Å². The first-order valence-corrected chi connectivity index (χ1v) is 7.99. The van der Waals surface area contributed by atoms with E-state index in [1.807, 2.05) is 0 Å². The van der Waals surface area contributed by atoms with Crippen LogP contribution in [0.5, 0.6) is 0 Å². The first-order valence-electron chi connectivity index (χ1n) is 7.45. The van der Waals surface area contributed by atoms with Crippen molar-refractivity contribution < 1.29 is 23.5 Å². The van der Waals surface area contributed by atoms with E-state index in [4.69, 9.17) is 21.1 Å². The van der Waals surface area contributed by atoms with Gasteiger partial charge in [-0.2, -0.15) is 0 Å². The SMILES string of the molecule is CC(C)(C)OC(=O)NC(c1cccc(F)c1)C(C)(C)C(=O)OCCl. The van der Waals surface area contributed by atoms with E-state index in [-0.39, 0.29) is 6.07 Å². The number of rotatable bonds is 5. The van der Waals surface area contributed by atoms with Crippen molar-refractivity contribution in [2.45, 2.75) is 46.3 Å². The molecular weight excluding hydrogens is 337 g/mol. The van der Waals surface area contributed by atoms with Gasteiger partial charge < -0.3 is 14.8 Å². The predicted octanol–water partition coefficient (Wildman–Crippen LogP) is 4.16. The minimum atomic E-state index is -1.19. The number of halogens is 2. The van der Waals surface area contributed by atoms with Crippen LogP contribution in [-0.4, -0.2) is 23.7 Å². The van der Waals surface area contributed by atoms with E-state index in [1.165, 1.54) is 18.2 Å². The average molecular weight is 360 g/mol. The zero-order valence-electron chi connectivity index (χ0n) is 14.5. The highest BCUT2D eigenvalue weighted by molar-refractivity contribution is 6.17. The highest BCUT2D eigenvalue weighted by Gasteiger charge is 2.41. The second-order valence-corrected chi connectivity index (χ2v) is 7.12. The van der Waals surface area contributed by atoms with Crippen molar-refractivity contribution in [3.05, 3.63) is 35.6 Å². The fourth-order valence-electron chi connectivity index (χ4n) is 2.15. The molecule has 0 saturated carbocycles. The molecule has 0 bridgehead atoms. The lowest BCUT2D eigenvalue weighted by Gasteiger charge is -2.33. The van der Waals surface area contributed by atoms with Gasteiger partial charge in [-0.1, -0.05) is 23.7 Å². The maximum absolute atomic E-state index is 13.6. The van der Waals surface area contributed by atoms with Crippen molar-refractivity contribution in [2.24, 2.45) is 5.41 Å². The maximum atomic E-state index is 13.6. The van der Waals surface area contributed by atoms with Gasteiger partial charge in [0.15, 0.2) is 6.07 Å². The summed E-state index contributed by atoms with van der Waals surface area (Å²) < 4.78 is 23.7. The molecule has 0 aliphatic rings. The summed E-state index contributed by atoms with van der Waals surface area (Å²) >= 11 is 5.46. The molecular formula is C17H23ClFNO4. The van der Waals surface area contributed by atoms with E-state index in [1.54, 1.807) is 40.7 Å². The molecule has 0 spiro atoms. The third kappa shape index (κ3) is 5.67. The number of alkyl carbamates (subject to hydrolysis) is 1. The van der Waals surface area contributed by atoms with Crippen molar-refractivity contribution in [1.82, 2.24) is 5.32 Å². The van der Waals surface area contributed by atoms with Crippen molar-refractivity contribution in [3.63, 3.8) is 0 Å². The number of carbonyl (C=O) groups is 2. The lowest BCUT2D eigenvalue weighted by atomic mass is 9.80. The summed E-state index contributed by atoms with van der Waals surface area (Å²) in [5, 5.41) is 2.62. The third-order valence-corrected chi connectivity index (χ3v) is 3.39. The second-order valence-electron chi connectivity index (χ2n) is 6.90. The largest absolute Gasteiger partial charge is 0.449 e. The van der Waals surface area contributed by atoms with Gasteiger partial charge in [-0.15, -0.1) is 0 Å². The molecule has 1 unspecified atom stereocenters. The Morgan fingerprint density at radius 3 is 2.38 bits per heavy atom. The quantitative estimate of drug-likeness (QED) is 0.633. The lowest BCUT2D eigenvalue weighted by molar-refractivity contribution is -0.153. The molecule has 1 rings (SSSR count). The Labute approximate surface area is 146 Å². The van der Waals surface area contributed by atoms with Crippen LogP contribution in [0.1, 0.15) is 46.2 Å². The monoisotopic (exact) mass is 359 g/mol. The molecule has 1 N–H and O–H groups in total. The smallest absolute Gasteiger partial charge is 0.408 e. The molecule has 0 aliphatic heterocycles. The Hall–Kier alpha value is -1.82. The van der Waals surface area contributed by atoms with Crippen molar-refractivity contribution in [1.29, 1.82) is 0 Å². The molecule has 0 aromatic heterocycles. The maximum Gasteiger partial charge on any atom is 0.408 e. The second kappa shape index (κ2) is 7.83. The molecule has 0 fully saturated rings. The van der Waals surface area contributed by atoms with Crippen LogP contribution in [-0.2, 0) is 14.3 Å². The molecule has 5 nitrogen and oxygen atoms in total. The van der Waals surface area contributed by atoms with E-state index in [0.29, 0.717) is 5.56 Å². The number of carbonyl (C=O) groups excluding carboxylic acids is 2. The number of ether oxygens (including phenoxy) is 2. The number of alkyl halides is 1. The standard InChI is InChI=1S/C17H23ClFNO4/c1-16(2,3)24-15(22)20-13(11-7-6-8-12(19)9-11)17(4,5)14(21)23-10-18/h6-9,13H,10H2,1-5H3,(H,20,22).